The lowest BCUT2D eigenvalue weighted by Gasteiger charge is -2.39. The first kappa shape index (κ1) is 13.7. The number of sulfonamides is 1. The highest BCUT2D eigenvalue weighted by molar-refractivity contribution is 7.92. The molecular weight excluding hydrogens is 226 g/mol. The average molecular weight is 247 g/mol. The van der Waals surface area contributed by atoms with E-state index in [1.165, 1.54) is 4.31 Å². The highest BCUT2D eigenvalue weighted by atomic mass is 32.2. The van der Waals surface area contributed by atoms with Crippen molar-refractivity contribution < 1.29 is 13.2 Å². The van der Waals surface area contributed by atoms with Crippen LogP contribution in [0, 0.1) is 0 Å². The third-order valence-corrected chi connectivity index (χ3v) is 4.56. The minimum absolute atomic E-state index is 0.0248. The van der Waals surface area contributed by atoms with E-state index in [0.29, 0.717) is 13.2 Å². The van der Waals surface area contributed by atoms with E-state index in [2.05, 4.69) is 6.58 Å². The molecule has 0 aromatic heterocycles. The molecule has 0 spiro atoms. The van der Waals surface area contributed by atoms with Gasteiger partial charge in [0.25, 0.3) is 0 Å². The summed E-state index contributed by atoms with van der Waals surface area (Å²) in [6, 6.07) is 0.0248. The molecule has 0 aromatic rings. The number of ether oxygens (including phenoxy) is 1. The van der Waals surface area contributed by atoms with Gasteiger partial charge in [-0.05, 0) is 26.7 Å². The molecule has 1 aliphatic rings. The number of nitrogens with zero attached hydrogens (tertiary/aromatic N) is 1. The van der Waals surface area contributed by atoms with E-state index < -0.39 is 10.0 Å². The van der Waals surface area contributed by atoms with E-state index in [4.69, 9.17) is 4.74 Å². The molecule has 4 nitrogen and oxygen atoms in total. The fourth-order valence-electron chi connectivity index (χ4n) is 2.19. The SMILES string of the molecule is C=CS(=O)(=O)N(CC)C1CCOC(C)(C)C1. The molecule has 0 bridgehead atoms. The maximum Gasteiger partial charge on any atom is 0.235 e. The first-order valence-electron chi connectivity index (χ1n) is 5.60. The number of rotatable bonds is 4. The van der Waals surface area contributed by atoms with Crippen LogP contribution in [-0.4, -0.2) is 37.5 Å². The minimum atomic E-state index is -3.32. The molecule has 1 aliphatic heterocycles. The molecule has 1 rings (SSSR count). The van der Waals surface area contributed by atoms with Crippen molar-refractivity contribution in [2.75, 3.05) is 13.2 Å². The summed E-state index contributed by atoms with van der Waals surface area (Å²) in [4.78, 5) is 0. The molecule has 1 heterocycles. The lowest BCUT2D eigenvalue weighted by molar-refractivity contribution is -0.0723. The second kappa shape index (κ2) is 4.85. The third-order valence-electron chi connectivity index (χ3n) is 2.93. The van der Waals surface area contributed by atoms with Crippen LogP contribution in [0.15, 0.2) is 12.0 Å². The topological polar surface area (TPSA) is 46.6 Å². The predicted octanol–water partition coefficient (Wildman–Crippen LogP) is 1.74. The Morgan fingerprint density at radius 2 is 2.19 bits per heavy atom. The van der Waals surface area contributed by atoms with Crippen LogP contribution in [0.1, 0.15) is 33.6 Å². The van der Waals surface area contributed by atoms with Crippen molar-refractivity contribution in [1.82, 2.24) is 4.31 Å². The molecule has 5 heteroatoms. The van der Waals surface area contributed by atoms with E-state index in [0.717, 1.165) is 18.2 Å². The van der Waals surface area contributed by atoms with Crippen LogP contribution in [0.2, 0.25) is 0 Å². The summed E-state index contributed by atoms with van der Waals surface area (Å²) >= 11 is 0. The van der Waals surface area contributed by atoms with E-state index in [-0.39, 0.29) is 11.6 Å². The molecule has 1 fully saturated rings. The van der Waals surface area contributed by atoms with E-state index in [9.17, 15) is 8.42 Å². The Morgan fingerprint density at radius 1 is 1.56 bits per heavy atom. The molecule has 1 atom stereocenters. The fraction of sp³-hybridized carbons (Fsp3) is 0.818. The first-order valence-corrected chi connectivity index (χ1v) is 7.11. The second-order valence-electron chi connectivity index (χ2n) is 4.67. The van der Waals surface area contributed by atoms with Crippen LogP contribution in [0.4, 0.5) is 0 Å². The van der Waals surface area contributed by atoms with Gasteiger partial charge in [-0.2, -0.15) is 4.31 Å². The van der Waals surface area contributed by atoms with Crippen LogP contribution >= 0.6 is 0 Å². The van der Waals surface area contributed by atoms with Crippen molar-refractivity contribution >= 4 is 10.0 Å². The predicted molar refractivity (Wildman–Crippen MR) is 64.5 cm³/mol. The quantitative estimate of drug-likeness (QED) is 0.760. The lowest BCUT2D eigenvalue weighted by Crippen LogP contribution is -2.47. The maximum absolute atomic E-state index is 11.8. The summed E-state index contributed by atoms with van der Waals surface area (Å²) in [5.41, 5.74) is -0.243. The Kier molecular flexibility index (Phi) is 4.15. The lowest BCUT2D eigenvalue weighted by atomic mass is 9.94. The third kappa shape index (κ3) is 3.06. The van der Waals surface area contributed by atoms with Crippen LogP contribution in [0.5, 0.6) is 0 Å². The monoisotopic (exact) mass is 247 g/mol. The van der Waals surface area contributed by atoms with Gasteiger partial charge in [-0.25, -0.2) is 8.42 Å². The largest absolute Gasteiger partial charge is 0.375 e. The molecule has 1 saturated heterocycles. The maximum atomic E-state index is 11.8. The summed E-state index contributed by atoms with van der Waals surface area (Å²) in [5.74, 6) is 0. The normalized spacial score (nSPS) is 25.6. The van der Waals surface area contributed by atoms with Gasteiger partial charge >= 0.3 is 0 Å². The second-order valence-corrected chi connectivity index (χ2v) is 6.50. The molecule has 0 radical (unpaired) electrons. The molecule has 0 aromatic carbocycles. The Hall–Kier alpha value is -0.390. The van der Waals surface area contributed by atoms with Gasteiger partial charge in [-0.3, -0.25) is 0 Å². The molecule has 16 heavy (non-hydrogen) atoms. The smallest absolute Gasteiger partial charge is 0.235 e. The summed E-state index contributed by atoms with van der Waals surface area (Å²) in [6.45, 7) is 10.3. The van der Waals surface area contributed by atoms with Crippen molar-refractivity contribution in [3.8, 4) is 0 Å². The van der Waals surface area contributed by atoms with Crippen LogP contribution < -0.4 is 0 Å². The Labute approximate surface area is 98.3 Å². The molecule has 1 unspecified atom stereocenters. The molecule has 0 N–H and O–H groups in total. The summed E-state index contributed by atoms with van der Waals surface area (Å²) < 4.78 is 30.7. The molecule has 0 amide bonds. The van der Waals surface area contributed by atoms with Gasteiger partial charge < -0.3 is 4.74 Å². The highest BCUT2D eigenvalue weighted by Crippen LogP contribution is 2.28. The molecule has 94 valence electrons. The minimum Gasteiger partial charge on any atom is -0.375 e. The molecular formula is C11H21NO3S. The van der Waals surface area contributed by atoms with Crippen LogP contribution in [0.3, 0.4) is 0 Å². The first-order chi connectivity index (χ1) is 7.32. The summed E-state index contributed by atoms with van der Waals surface area (Å²) in [5, 5.41) is 1.03. The van der Waals surface area contributed by atoms with E-state index in [1.54, 1.807) is 0 Å². The average Bonchev–Trinajstić information content (AvgIpc) is 2.17. The van der Waals surface area contributed by atoms with Crippen molar-refractivity contribution in [1.29, 1.82) is 0 Å². The van der Waals surface area contributed by atoms with Gasteiger partial charge in [0.15, 0.2) is 0 Å². The van der Waals surface area contributed by atoms with E-state index >= 15 is 0 Å². The van der Waals surface area contributed by atoms with E-state index in [1.807, 2.05) is 20.8 Å². The zero-order valence-electron chi connectivity index (χ0n) is 10.3. The van der Waals surface area contributed by atoms with Gasteiger partial charge in [-0.1, -0.05) is 13.5 Å². The summed E-state index contributed by atoms with van der Waals surface area (Å²) in [6.07, 6.45) is 1.48. The van der Waals surface area contributed by atoms with Crippen LogP contribution in [0.25, 0.3) is 0 Å². The van der Waals surface area contributed by atoms with Gasteiger partial charge in [0.2, 0.25) is 10.0 Å². The number of hydrogen-bond donors (Lipinski definition) is 0. The summed E-state index contributed by atoms with van der Waals surface area (Å²) in [7, 11) is -3.32. The van der Waals surface area contributed by atoms with Crippen LogP contribution in [-0.2, 0) is 14.8 Å². The van der Waals surface area contributed by atoms with Gasteiger partial charge in [0.05, 0.1) is 5.60 Å². The Balaban J connectivity index is 2.86. The van der Waals surface area contributed by atoms with Crippen molar-refractivity contribution in [3.63, 3.8) is 0 Å². The Morgan fingerprint density at radius 3 is 2.62 bits per heavy atom. The van der Waals surface area contributed by atoms with Crippen molar-refractivity contribution in [2.24, 2.45) is 0 Å². The van der Waals surface area contributed by atoms with Crippen molar-refractivity contribution in [2.45, 2.75) is 45.3 Å². The fourth-order valence-corrected chi connectivity index (χ4v) is 3.33. The standard InChI is InChI=1S/C11H21NO3S/c1-5-12(16(13,14)6-2)10-7-8-15-11(3,4)9-10/h6,10H,2,5,7-9H2,1,3-4H3. The zero-order chi connectivity index (χ0) is 12.4. The molecule has 0 aliphatic carbocycles. The van der Waals surface area contributed by atoms with Gasteiger partial charge in [0, 0.05) is 24.6 Å². The zero-order valence-corrected chi connectivity index (χ0v) is 11.1. The highest BCUT2D eigenvalue weighted by Gasteiger charge is 2.35. The Bertz CT molecular complexity index is 348. The van der Waals surface area contributed by atoms with Crippen molar-refractivity contribution in [3.05, 3.63) is 12.0 Å². The molecule has 0 saturated carbocycles. The number of hydrogen-bond acceptors (Lipinski definition) is 3. The van der Waals surface area contributed by atoms with Gasteiger partial charge in [-0.15, -0.1) is 0 Å². The van der Waals surface area contributed by atoms with Gasteiger partial charge in [0.1, 0.15) is 0 Å².